The molecule has 2 heteroatoms. The molecule has 0 fully saturated rings. The fraction of sp³-hybridized carbons (Fsp3) is 0.400. The third-order valence-corrected chi connectivity index (χ3v) is 0.760. The topological polar surface area (TPSA) is 28.7 Å². The van der Waals surface area contributed by atoms with E-state index in [2.05, 4.69) is 10.2 Å². The largest absolute Gasteiger partial charge is 0.283 e. The Hall–Kier alpha value is -0.790. The quantitative estimate of drug-likeness (QED) is 0.514. The summed E-state index contributed by atoms with van der Waals surface area (Å²) < 4.78 is 7.23. The zero-order valence-corrected chi connectivity index (χ0v) is 4.45. The Kier molecular flexibility index (Phi) is 0.635. The van der Waals surface area contributed by atoms with Crippen LogP contribution < -0.4 is 0 Å². The van der Waals surface area contributed by atoms with Crippen LogP contribution >= 0.6 is 0 Å². The smallest absolute Gasteiger partial charge is 0.0662 e. The molecule has 0 aliphatic carbocycles. The number of hydrogen-bond donors (Lipinski definition) is 1. The fourth-order valence-electron chi connectivity index (χ4n) is 0.495. The van der Waals surface area contributed by atoms with Gasteiger partial charge in [-0.15, -0.1) is 0 Å². The second-order valence-electron chi connectivity index (χ2n) is 1.56. The van der Waals surface area contributed by atoms with Crippen molar-refractivity contribution in [2.24, 2.45) is 0 Å². The van der Waals surface area contributed by atoms with Gasteiger partial charge in [0, 0.05) is 5.69 Å². The first-order valence-electron chi connectivity index (χ1n) is 2.70. The van der Waals surface area contributed by atoms with Crippen LogP contribution in [0.1, 0.15) is 12.8 Å². The van der Waals surface area contributed by atoms with Crippen LogP contribution in [0.2, 0.25) is 0 Å². The van der Waals surface area contributed by atoms with Gasteiger partial charge >= 0.3 is 0 Å². The van der Waals surface area contributed by atoms with Crippen molar-refractivity contribution in [3.8, 4) is 0 Å². The summed E-state index contributed by atoms with van der Waals surface area (Å²) in [7, 11) is 0. The number of aromatic nitrogens is 2. The average molecular weight is 97.1 g/mol. The zero-order chi connectivity index (χ0) is 6.15. The van der Waals surface area contributed by atoms with Crippen LogP contribution in [0.15, 0.2) is 6.04 Å². The Balaban J connectivity index is 3.19. The van der Waals surface area contributed by atoms with E-state index in [0.717, 1.165) is 11.4 Å². The summed E-state index contributed by atoms with van der Waals surface area (Å²) in [4.78, 5) is 0. The van der Waals surface area contributed by atoms with Gasteiger partial charge in [0.05, 0.1) is 7.06 Å². The highest BCUT2D eigenvalue weighted by atomic mass is 15.1. The summed E-state index contributed by atoms with van der Waals surface area (Å²) in [5.74, 6) is 0. The zero-order valence-electron chi connectivity index (χ0n) is 5.45. The van der Waals surface area contributed by atoms with Gasteiger partial charge in [0.1, 0.15) is 0 Å². The maximum atomic E-state index is 7.23. The van der Waals surface area contributed by atoms with Crippen molar-refractivity contribution in [2.45, 2.75) is 13.8 Å². The van der Waals surface area contributed by atoms with Crippen LogP contribution in [-0.2, 0) is 0 Å². The molecule has 2 nitrogen and oxygen atoms in total. The molecule has 0 spiro atoms. The van der Waals surface area contributed by atoms with Crippen molar-refractivity contribution >= 4 is 0 Å². The molecule has 0 radical (unpaired) electrons. The number of H-pyrrole nitrogens is 1. The lowest BCUT2D eigenvalue weighted by Gasteiger charge is -1.68. The maximum Gasteiger partial charge on any atom is 0.0662 e. The van der Waals surface area contributed by atoms with Crippen molar-refractivity contribution in [3.63, 3.8) is 0 Å². The van der Waals surface area contributed by atoms with E-state index in [-0.39, 0.29) is 0 Å². The minimum absolute atomic E-state index is 0.519. The van der Waals surface area contributed by atoms with Crippen LogP contribution in [0.5, 0.6) is 0 Å². The van der Waals surface area contributed by atoms with Crippen molar-refractivity contribution in [3.05, 3.63) is 17.4 Å². The molecule has 0 atom stereocenters. The number of aryl methyl sites for hydroxylation is 2. The standard InChI is InChI=1S/C5H8N2/c1-4-3-5(2)7-6-4/h3H,1-2H3,(H,6,7)/i3D. The number of nitrogens with one attached hydrogen (secondary N) is 1. The highest BCUT2D eigenvalue weighted by Crippen LogP contribution is 1.92. The summed E-state index contributed by atoms with van der Waals surface area (Å²) >= 11 is 0. The van der Waals surface area contributed by atoms with Crippen LogP contribution in [0.3, 0.4) is 0 Å². The molecule has 7 heavy (non-hydrogen) atoms. The molecule has 1 aromatic rings. The molecule has 1 N–H and O–H groups in total. The molecule has 1 heterocycles. The van der Waals surface area contributed by atoms with E-state index in [1.54, 1.807) is 0 Å². The molecule has 1 rings (SSSR count). The lowest BCUT2D eigenvalue weighted by atomic mass is 10.4. The van der Waals surface area contributed by atoms with E-state index < -0.39 is 0 Å². The SMILES string of the molecule is [2H]c1c(C)n[nH]c1C. The highest BCUT2D eigenvalue weighted by Gasteiger charge is 1.84. The predicted molar refractivity (Wildman–Crippen MR) is 28.1 cm³/mol. The Labute approximate surface area is 44.0 Å². The van der Waals surface area contributed by atoms with Gasteiger partial charge in [0.2, 0.25) is 0 Å². The molecule has 38 valence electrons. The van der Waals surface area contributed by atoms with Gasteiger partial charge in [0.15, 0.2) is 0 Å². The first kappa shape index (κ1) is 3.24. The normalized spacial score (nSPS) is 11.4. The lowest BCUT2D eigenvalue weighted by molar-refractivity contribution is 1.02. The van der Waals surface area contributed by atoms with Gasteiger partial charge in [-0.25, -0.2) is 0 Å². The molecule has 0 bridgehead atoms. The molecule has 0 saturated heterocycles. The molecule has 0 saturated carbocycles. The lowest BCUT2D eigenvalue weighted by Crippen LogP contribution is -1.68. The number of aromatic amines is 1. The first-order valence-corrected chi connectivity index (χ1v) is 2.20. The molecule has 0 aliphatic rings. The third-order valence-electron chi connectivity index (χ3n) is 0.760. The Morgan fingerprint density at radius 1 is 1.86 bits per heavy atom. The summed E-state index contributed by atoms with van der Waals surface area (Å²) in [6, 6.07) is 0.519. The van der Waals surface area contributed by atoms with Crippen molar-refractivity contribution < 1.29 is 1.37 Å². The minimum atomic E-state index is 0.519. The van der Waals surface area contributed by atoms with E-state index in [0.29, 0.717) is 6.04 Å². The van der Waals surface area contributed by atoms with Crippen LogP contribution in [0.25, 0.3) is 0 Å². The third kappa shape index (κ3) is 0.796. The summed E-state index contributed by atoms with van der Waals surface area (Å²) in [6.07, 6.45) is 0. The van der Waals surface area contributed by atoms with Crippen LogP contribution in [-0.4, -0.2) is 10.2 Å². The molecule has 0 amide bonds. The van der Waals surface area contributed by atoms with Gasteiger partial charge in [-0.05, 0) is 19.9 Å². The van der Waals surface area contributed by atoms with E-state index >= 15 is 0 Å². The number of nitrogens with zero attached hydrogens (tertiary/aromatic N) is 1. The summed E-state index contributed by atoms with van der Waals surface area (Å²) in [5, 5.41) is 6.50. The van der Waals surface area contributed by atoms with Crippen molar-refractivity contribution in [1.29, 1.82) is 0 Å². The summed E-state index contributed by atoms with van der Waals surface area (Å²) in [6.45, 7) is 3.65. The van der Waals surface area contributed by atoms with E-state index in [1.807, 2.05) is 13.8 Å². The number of hydrogen-bond acceptors (Lipinski definition) is 1. The van der Waals surface area contributed by atoms with Gasteiger partial charge in [-0.3, -0.25) is 5.10 Å². The van der Waals surface area contributed by atoms with Gasteiger partial charge < -0.3 is 0 Å². The minimum Gasteiger partial charge on any atom is -0.283 e. The maximum absolute atomic E-state index is 7.23. The van der Waals surface area contributed by atoms with E-state index in [4.69, 9.17) is 1.37 Å². The van der Waals surface area contributed by atoms with Crippen LogP contribution in [0, 0.1) is 13.8 Å². The Morgan fingerprint density at radius 2 is 2.57 bits per heavy atom. The Bertz CT molecular complexity index is 173. The molecule has 0 aromatic carbocycles. The molecule has 0 aliphatic heterocycles. The van der Waals surface area contributed by atoms with Crippen molar-refractivity contribution in [2.75, 3.05) is 0 Å². The van der Waals surface area contributed by atoms with Crippen molar-refractivity contribution in [1.82, 2.24) is 10.2 Å². The average Bonchev–Trinajstić information content (AvgIpc) is 1.98. The predicted octanol–water partition coefficient (Wildman–Crippen LogP) is 1.03. The molecule has 0 unspecified atom stereocenters. The summed E-state index contributed by atoms with van der Waals surface area (Å²) in [5.41, 5.74) is 1.60. The van der Waals surface area contributed by atoms with Gasteiger partial charge in [0.25, 0.3) is 0 Å². The van der Waals surface area contributed by atoms with Gasteiger partial charge in [-0.2, -0.15) is 5.10 Å². The number of rotatable bonds is 0. The fourth-order valence-corrected chi connectivity index (χ4v) is 0.495. The molecular formula is C5H8N2. The highest BCUT2D eigenvalue weighted by molar-refractivity contribution is 5.03. The molecule has 1 aromatic heterocycles. The van der Waals surface area contributed by atoms with Crippen LogP contribution in [0.4, 0.5) is 0 Å². The monoisotopic (exact) mass is 97.1 g/mol. The first-order chi connectivity index (χ1) is 3.72. The van der Waals surface area contributed by atoms with E-state index in [9.17, 15) is 0 Å². The second kappa shape index (κ2) is 1.37. The second-order valence-corrected chi connectivity index (χ2v) is 1.56. The van der Waals surface area contributed by atoms with Gasteiger partial charge in [-0.1, -0.05) is 0 Å². The Morgan fingerprint density at radius 3 is 2.71 bits per heavy atom. The molecular weight excluding hydrogens is 88.1 g/mol. The van der Waals surface area contributed by atoms with E-state index in [1.165, 1.54) is 0 Å².